The minimum absolute atomic E-state index is 0.183. The van der Waals surface area contributed by atoms with Crippen molar-refractivity contribution in [1.82, 2.24) is 15.2 Å². The predicted molar refractivity (Wildman–Crippen MR) is 84.5 cm³/mol. The largest absolute Gasteiger partial charge is 0.507 e. The average Bonchev–Trinajstić information content (AvgIpc) is 2.96. The molecule has 0 amide bonds. The van der Waals surface area contributed by atoms with Gasteiger partial charge in [0.15, 0.2) is 5.82 Å². The Hall–Kier alpha value is -1.98. The normalized spacial score (nSPS) is 10.7. The van der Waals surface area contributed by atoms with E-state index >= 15 is 0 Å². The van der Waals surface area contributed by atoms with E-state index in [1.165, 1.54) is 11.8 Å². The molecule has 3 aromatic rings. The number of rotatable bonds is 4. The number of hydrogen-bond acceptors (Lipinski definition) is 4. The van der Waals surface area contributed by atoms with Gasteiger partial charge in [-0.2, -0.15) is 0 Å². The van der Waals surface area contributed by atoms with Gasteiger partial charge in [-0.05, 0) is 29.8 Å². The van der Waals surface area contributed by atoms with Gasteiger partial charge in [0.05, 0.1) is 5.56 Å². The van der Waals surface area contributed by atoms with Gasteiger partial charge in [-0.3, -0.25) is 5.10 Å². The Morgan fingerprint density at radius 2 is 1.86 bits per heavy atom. The lowest BCUT2D eigenvalue weighted by molar-refractivity contribution is 0.477. The lowest BCUT2D eigenvalue weighted by atomic mass is 10.2. The molecule has 2 aromatic carbocycles. The maximum atomic E-state index is 9.80. The predicted octanol–water partition coefficient (Wildman–Crippen LogP) is 4.12. The summed E-state index contributed by atoms with van der Waals surface area (Å²) in [5, 5.41) is 18.2. The number of hydrogen-bond donors (Lipinski definition) is 2. The zero-order valence-corrected chi connectivity index (χ0v) is 12.5. The molecule has 0 spiro atoms. The molecule has 2 N–H and O–H groups in total. The lowest BCUT2D eigenvalue weighted by Gasteiger charge is -1.99. The quantitative estimate of drug-likeness (QED) is 0.710. The summed E-state index contributed by atoms with van der Waals surface area (Å²) in [4.78, 5) is 4.38. The maximum absolute atomic E-state index is 9.80. The first kappa shape index (κ1) is 14.0. The monoisotopic (exact) mass is 317 g/mol. The third-order valence-electron chi connectivity index (χ3n) is 2.91. The molecule has 0 aliphatic carbocycles. The van der Waals surface area contributed by atoms with Crippen LogP contribution in [0.15, 0.2) is 53.7 Å². The van der Waals surface area contributed by atoms with Crippen LogP contribution in [-0.4, -0.2) is 20.3 Å². The van der Waals surface area contributed by atoms with Crippen LogP contribution in [0.3, 0.4) is 0 Å². The number of H-pyrrole nitrogens is 1. The lowest BCUT2D eigenvalue weighted by Crippen LogP contribution is -1.82. The summed E-state index contributed by atoms with van der Waals surface area (Å²) in [6.45, 7) is 0. The number of nitrogens with zero attached hydrogens (tertiary/aromatic N) is 2. The molecule has 4 nitrogen and oxygen atoms in total. The number of phenols is 1. The Morgan fingerprint density at radius 1 is 1.10 bits per heavy atom. The van der Waals surface area contributed by atoms with Crippen LogP contribution < -0.4 is 0 Å². The molecule has 3 rings (SSSR count). The van der Waals surface area contributed by atoms with Gasteiger partial charge in [0.2, 0.25) is 5.16 Å². The number of aromatic hydroxyl groups is 1. The van der Waals surface area contributed by atoms with Gasteiger partial charge in [-0.1, -0.05) is 47.6 Å². The molecular weight excluding hydrogens is 306 g/mol. The number of phenolic OH excluding ortho intramolecular Hbond substituents is 1. The highest BCUT2D eigenvalue weighted by atomic mass is 35.5. The van der Waals surface area contributed by atoms with E-state index in [0.717, 1.165) is 16.3 Å². The van der Waals surface area contributed by atoms with E-state index in [4.69, 9.17) is 11.6 Å². The molecule has 1 aromatic heterocycles. The van der Waals surface area contributed by atoms with Crippen molar-refractivity contribution in [2.45, 2.75) is 10.9 Å². The molecule has 1 heterocycles. The second kappa shape index (κ2) is 6.20. The molecule has 0 unspecified atom stereocenters. The summed E-state index contributed by atoms with van der Waals surface area (Å²) in [6.07, 6.45) is 0. The van der Waals surface area contributed by atoms with Gasteiger partial charge < -0.3 is 5.11 Å². The molecule has 0 saturated heterocycles. The fourth-order valence-electron chi connectivity index (χ4n) is 1.83. The standard InChI is InChI=1S/C15H12ClN3OS/c16-11-7-5-10(6-8-11)9-21-15-17-14(18-19-15)12-3-1-2-4-13(12)20/h1-8,20H,9H2,(H,17,18,19). The Kier molecular flexibility index (Phi) is 4.13. The minimum atomic E-state index is 0.183. The topological polar surface area (TPSA) is 61.8 Å². The van der Waals surface area contributed by atoms with E-state index in [1.54, 1.807) is 18.2 Å². The van der Waals surface area contributed by atoms with E-state index in [0.29, 0.717) is 16.5 Å². The summed E-state index contributed by atoms with van der Waals surface area (Å²) in [6, 6.07) is 14.7. The van der Waals surface area contributed by atoms with Crippen molar-refractivity contribution in [3.63, 3.8) is 0 Å². The van der Waals surface area contributed by atoms with Crippen molar-refractivity contribution < 1.29 is 5.11 Å². The zero-order valence-electron chi connectivity index (χ0n) is 11.0. The van der Waals surface area contributed by atoms with Crippen molar-refractivity contribution in [3.05, 3.63) is 59.1 Å². The SMILES string of the molecule is Oc1ccccc1-c1nc(SCc2ccc(Cl)cc2)n[nH]1. The number of aromatic nitrogens is 3. The van der Waals surface area contributed by atoms with E-state index in [1.807, 2.05) is 30.3 Å². The van der Waals surface area contributed by atoms with Crippen molar-refractivity contribution in [2.24, 2.45) is 0 Å². The van der Waals surface area contributed by atoms with E-state index in [2.05, 4.69) is 15.2 Å². The van der Waals surface area contributed by atoms with Crippen molar-refractivity contribution in [1.29, 1.82) is 0 Å². The number of nitrogens with one attached hydrogen (secondary N) is 1. The van der Waals surface area contributed by atoms with Crippen LogP contribution in [0, 0.1) is 0 Å². The molecule has 0 aliphatic heterocycles. The van der Waals surface area contributed by atoms with E-state index in [9.17, 15) is 5.11 Å². The Bertz CT molecular complexity index is 743. The molecule has 21 heavy (non-hydrogen) atoms. The highest BCUT2D eigenvalue weighted by Crippen LogP contribution is 2.27. The number of thioether (sulfide) groups is 1. The number of para-hydroxylation sites is 1. The van der Waals surface area contributed by atoms with Gasteiger partial charge in [0.25, 0.3) is 0 Å². The molecule has 6 heteroatoms. The minimum Gasteiger partial charge on any atom is -0.507 e. The smallest absolute Gasteiger partial charge is 0.209 e. The highest BCUT2D eigenvalue weighted by Gasteiger charge is 2.09. The van der Waals surface area contributed by atoms with Crippen molar-refractivity contribution in [2.75, 3.05) is 0 Å². The van der Waals surface area contributed by atoms with Crippen LogP contribution in [0.4, 0.5) is 0 Å². The van der Waals surface area contributed by atoms with Crippen molar-refractivity contribution >= 4 is 23.4 Å². The van der Waals surface area contributed by atoms with Gasteiger partial charge in [0, 0.05) is 10.8 Å². The molecule has 0 saturated carbocycles. The van der Waals surface area contributed by atoms with E-state index in [-0.39, 0.29) is 5.75 Å². The number of halogens is 1. The summed E-state index contributed by atoms with van der Waals surface area (Å²) in [5.41, 5.74) is 1.79. The zero-order chi connectivity index (χ0) is 14.7. The number of aromatic amines is 1. The first-order valence-electron chi connectivity index (χ1n) is 6.30. The van der Waals surface area contributed by atoms with Gasteiger partial charge >= 0.3 is 0 Å². The summed E-state index contributed by atoms with van der Waals surface area (Å²) in [5.74, 6) is 1.50. The van der Waals surface area contributed by atoms with Crippen LogP contribution in [0.2, 0.25) is 5.02 Å². The average molecular weight is 318 g/mol. The third-order valence-corrected chi connectivity index (χ3v) is 4.08. The molecule has 0 fully saturated rings. The van der Waals surface area contributed by atoms with Crippen LogP contribution in [0.1, 0.15) is 5.56 Å². The summed E-state index contributed by atoms with van der Waals surface area (Å²) in [7, 11) is 0. The molecule has 0 radical (unpaired) electrons. The molecule has 106 valence electrons. The Labute approximate surface area is 131 Å². The van der Waals surface area contributed by atoms with Crippen LogP contribution in [0.5, 0.6) is 5.75 Å². The molecule has 0 atom stereocenters. The van der Waals surface area contributed by atoms with Gasteiger partial charge in [-0.15, -0.1) is 5.10 Å². The third kappa shape index (κ3) is 3.37. The second-order valence-electron chi connectivity index (χ2n) is 4.40. The van der Waals surface area contributed by atoms with E-state index < -0.39 is 0 Å². The molecule has 0 bridgehead atoms. The first-order valence-corrected chi connectivity index (χ1v) is 7.67. The van der Waals surface area contributed by atoms with Crippen LogP contribution in [0.25, 0.3) is 11.4 Å². The van der Waals surface area contributed by atoms with Crippen LogP contribution in [-0.2, 0) is 5.75 Å². The summed E-state index contributed by atoms with van der Waals surface area (Å²) < 4.78 is 0. The first-order chi connectivity index (χ1) is 10.2. The Morgan fingerprint density at radius 3 is 2.62 bits per heavy atom. The fourth-order valence-corrected chi connectivity index (χ4v) is 2.71. The fraction of sp³-hybridized carbons (Fsp3) is 0.0667. The molecule has 0 aliphatic rings. The number of benzene rings is 2. The van der Waals surface area contributed by atoms with Crippen LogP contribution >= 0.6 is 23.4 Å². The van der Waals surface area contributed by atoms with Crippen molar-refractivity contribution in [3.8, 4) is 17.1 Å². The molecular formula is C15H12ClN3OS. The Balaban J connectivity index is 1.71. The van der Waals surface area contributed by atoms with Gasteiger partial charge in [-0.25, -0.2) is 4.98 Å². The van der Waals surface area contributed by atoms with Gasteiger partial charge in [0.1, 0.15) is 5.75 Å². The second-order valence-corrected chi connectivity index (χ2v) is 5.78. The highest BCUT2D eigenvalue weighted by molar-refractivity contribution is 7.98. The maximum Gasteiger partial charge on any atom is 0.209 e. The summed E-state index contributed by atoms with van der Waals surface area (Å²) >= 11 is 7.38.